The molecule has 0 spiro atoms. The van der Waals surface area contributed by atoms with E-state index in [0.29, 0.717) is 23.7 Å². The summed E-state index contributed by atoms with van der Waals surface area (Å²) in [6, 6.07) is 0. The highest BCUT2D eigenvalue weighted by atomic mass is 32.2. The molecule has 0 bridgehead atoms. The lowest BCUT2D eigenvalue weighted by molar-refractivity contribution is 0.144. The number of nitrogens with zero attached hydrogens (tertiary/aromatic N) is 2. The van der Waals surface area contributed by atoms with Gasteiger partial charge in [0.2, 0.25) is 0 Å². The molecule has 0 aromatic carbocycles. The summed E-state index contributed by atoms with van der Waals surface area (Å²) >= 11 is 1.64. The van der Waals surface area contributed by atoms with Gasteiger partial charge in [-0.25, -0.2) is 18.7 Å². The number of hydrogen-bond acceptors (Lipinski definition) is 4. The Labute approximate surface area is 111 Å². The molecule has 0 aliphatic rings. The summed E-state index contributed by atoms with van der Waals surface area (Å²) in [5, 5.41) is 2.84. The Bertz CT molecular complexity index is 391. The summed E-state index contributed by atoms with van der Waals surface area (Å²) in [6.07, 6.45) is -1.07. The van der Waals surface area contributed by atoms with E-state index in [2.05, 4.69) is 36.1 Å². The van der Waals surface area contributed by atoms with Crippen molar-refractivity contribution in [3.8, 4) is 0 Å². The molecule has 0 atom stereocenters. The lowest BCUT2D eigenvalue weighted by atomic mass is 10.2. The predicted molar refractivity (Wildman–Crippen MR) is 70.8 cm³/mol. The van der Waals surface area contributed by atoms with Crippen LogP contribution in [-0.4, -0.2) is 21.8 Å². The van der Waals surface area contributed by atoms with Gasteiger partial charge < -0.3 is 5.32 Å². The third-order valence-corrected chi connectivity index (χ3v) is 3.42. The van der Waals surface area contributed by atoms with Crippen LogP contribution in [0.5, 0.6) is 0 Å². The fraction of sp³-hybridized carbons (Fsp3) is 0.667. The molecule has 18 heavy (non-hydrogen) atoms. The number of hydrogen-bond donors (Lipinski definition) is 1. The fourth-order valence-corrected chi connectivity index (χ4v) is 2.03. The van der Waals surface area contributed by atoms with Crippen LogP contribution < -0.4 is 5.32 Å². The standard InChI is InChI=1S/C12H19F2N3S/c1-12(2,3)18-7-9-16-6-8(5-15-4)10(17-9)11(13)14/h6,11,15H,5,7H2,1-4H3. The maximum absolute atomic E-state index is 12.9. The molecule has 1 heterocycles. The minimum atomic E-state index is -2.56. The van der Waals surface area contributed by atoms with Crippen LogP contribution in [0.15, 0.2) is 6.20 Å². The highest BCUT2D eigenvalue weighted by Crippen LogP contribution is 2.27. The molecular weight excluding hydrogens is 256 g/mol. The smallest absolute Gasteiger partial charge is 0.280 e. The van der Waals surface area contributed by atoms with E-state index in [4.69, 9.17) is 0 Å². The largest absolute Gasteiger partial charge is 0.316 e. The van der Waals surface area contributed by atoms with Gasteiger partial charge in [0.25, 0.3) is 6.43 Å². The summed E-state index contributed by atoms with van der Waals surface area (Å²) in [5.74, 6) is 1.01. The zero-order chi connectivity index (χ0) is 13.8. The molecule has 0 unspecified atom stereocenters. The average molecular weight is 275 g/mol. The van der Waals surface area contributed by atoms with Gasteiger partial charge in [-0.05, 0) is 7.05 Å². The molecule has 0 aliphatic heterocycles. The Morgan fingerprint density at radius 3 is 2.56 bits per heavy atom. The normalized spacial score (nSPS) is 12.2. The van der Waals surface area contributed by atoms with E-state index in [0.717, 1.165) is 0 Å². The van der Waals surface area contributed by atoms with E-state index in [1.165, 1.54) is 6.20 Å². The molecule has 0 saturated heterocycles. The lowest BCUT2D eigenvalue weighted by Gasteiger charge is -2.17. The first-order chi connectivity index (χ1) is 8.33. The minimum absolute atomic E-state index is 0.0675. The molecule has 0 radical (unpaired) electrons. The highest BCUT2D eigenvalue weighted by molar-refractivity contribution is 7.99. The van der Waals surface area contributed by atoms with Crippen LogP contribution in [0.2, 0.25) is 0 Å². The van der Waals surface area contributed by atoms with Gasteiger partial charge in [0, 0.05) is 23.1 Å². The Hall–Kier alpha value is -0.750. The maximum atomic E-state index is 12.9. The quantitative estimate of drug-likeness (QED) is 0.895. The van der Waals surface area contributed by atoms with E-state index in [-0.39, 0.29) is 10.4 Å². The van der Waals surface area contributed by atoms with Gasteiger partial charge in [-0.15, -0.1) is 11.8 Å². The van der Waals surface area contributed by atoms with Gasteiger partial charge in [-0.3, -0.25) is 0 Å². The summed E-state index contributed by atoms with van der Waals surface area (Å²) in [4.78, 5) is 8.11. The van der Waals surface area contributed by atoms with Crippen molar-refractivity contribution in [2.45, 2.75) is 44.2 Å². The topological polar surface area (TPSA) is 37.8 Å². The second-order valence-electron chi connectivity index (χ2n) is 4.93. The fourth-order valence-electron chi connectivity index (χ4n) is 1.32. The second-order valence-corrected chi connectivity index (χ2v) is 6.73. The molecule has 1 aromatic heterocycles. The summed E-state index contributed by atoms with van der Waals surface area (Å²) in [5.41, 5.74) is 0.292. The van der Waals surface area contributed by atoms with Crippen LogP contribution in [-0.2, 0) is 12.3 Å². The van der Waals surface area contributed by atoms with Gasteiger partial charge in [0.1, 0.15) is 11.5 Å². The van der Waals surface area contributed by atoms with E-state index in [1.807, 2.05) is 0 Å². The molecular formula is C12H19F2N3S. The molecule has 3 nitrogen and oxygen atoms in total. The third-order valence-electron chi connectivity index (χ3n) is 2.16. The first-order valence-electron chi connectivity index (χ1n) is 5.75. The lowest BCUT2D eigenvalue weighted by Crippen LogP contribution is -2.13. The first kappa shape index (κ1) is 15.3. The van der Waals surface area contributed by atoms with Crippen molar-refractivity contribution in [1.29, 1.82) is 0 Å². The predicted octanol–water partition coefficient (Wildman–Crippen LogP) is 3.17. The highest BCUT2D eigenvalue weighted by Gasteiger charge is 2.17. The Morgan fingerprint density at radius 2 is 2.06 bits per heavy atom. The van der Waals surface area contributed by atoms with Crippen LogP contribution >= 0.6 is 11.8 Å². The van der Waals surface area contributed by atoms with Crippen molar-refractivity contribution >= 4 is 11.8 Å². The van der Waals surface area contributed by atoms with Crippen LogP contribution in [0.25, 0.3) is 0 Å². The number of alkyl halides is 2. The van der Waals surface area contributed by atoms with Crippen molar-refractivity contribution in [3.63, 3.8) is 0 Å². The maximum Gasteiger partial charge on any atom is 0.280 e. The van der Waals surface area contributed by atoms with Crippen molar-refractivity contribution in [2.24, 2.45) is 0 Å². The number of nitrogens with one attached hydrogen (secondary N) is 1. The van der Waals surface area contributed by atoms with Crippen molar-refractivity contribution in [3.05, 3.63) is 23.3 Å². The molecule has 1 N–H and O–H groups in total. The van der Waals surface area contributed by atoms with Crippen molar-refractivity contribution < 1.29 is 8.78 Å². The zero-order valence-electron chi connectivity index (χ0n) is 11.1. The average Bonchev–Trinajstić information content (AvgIpc) is 2.26. The van der Waals surface area contributed by atoms with Crippen LogP contribution in [0.4, 0.5) is 8.78 Å². The van der Waals surface area contributed by atoms with Crippen molar-refractivity contribution in [1.82, 2.24) is 15.3 Å². The number of aromatic nitrogens is 2. The summed E-state index contributed by atoms with van der Waals surface area (Å²) < 4.78 is 25.8. The van der Waals surface area contributed by atoms with E-state index in [9.17, 15) is 8.78 Å². The van der Waals surface area contributed by atoms with Crippen LogP contribution in [0.3, 0.4) is 0 Å². The monoisotopic (exact) mass is 275 g/mol. The van der Waals surface area contributed by atoms with Gasteiger partial charge in [0.05, 0.1) is 5.75 Å². The first-order valence-corrected chi connectivity index (χ1v) is 6.73. The molecule has 0 amide bonds. The number of halogens is 2. The molecule has 0 fully saturated rings. The van der Waals surface area contributed by atoms with E-state index >= 15 is 0 Å². The van der Waals surface area contributed by atoms with Crippen LogP contribution in [0.1, 0.15) is 44.3 Å². The molecule has 1 rings (SSSR count). The second kappa shape index (κ2) is 6.43. The molecule has 6 heteroatoms. The SMILES string of the molecule is CNCc1cnc(CSC(C)(C)C)nc1C(F)F. The minimum Gasteiger partial charge on any atom is -0.316 e. The summed E-state index contributed by atoms with van der Waals surface area (Å²) in [6.45, 7) is 6.57. The molecule has 1 aromatic rings. The molecule has 102 valence electrons. The Morgan fingerprint density at radius 1 is 1.39 bits per heavy atom. The molecule has 0 saturated carbocycles. The number of thioether (sulfide) groups is 1. The van der Waals surface area contributed by atoms with Gasteiger partial charge in [-0.1, -0.05) is 20.8 Å². The van der Waals surface area contributed by atoms with Crippen LogP contribution in [0, 0.1) is 0 Å². The van der Waals surface area contributed by atoms with E-state index < -0.39 is 6.43 Å². The van der Waals surface area contributed by atoms with Gasteiger partial charge in [0.15, 0.2) is 0 Å². The van der Waals surface area contributed by atoms with Gasteiger partial charge >= 0.3 is 0 Å². The third kappa shape index (κ3) is 4.86. The zero-order valence-corrected chi connectivity index (χ0v) is 11.9. The Kier molecular flexibility index (Phi) is 5.47. The molecule has 0 aliphatic carbocycles. The Balaban J connectivity index is 2.86. The number of rotatable bonds is 5. The van der Waals surface area contributed by atoms with E-state index in [1.54, 1.807) is 18.8 Å². The summed E-state index contributed by atoms with van der Waals surface area (Å²) in [7, 11) is 1.71. The van der Waals surface area contributed by atoms with Gasteiger partial charge in [-0.2, -0.15) is 0 Å². The van der Waals surface area contributed by atoms with Crippen molar-refractivity contribution in [2.75, 3.05) is 7.05 Å².